The van der Waals surface area contributed by atoms with Crippen molar-refractivity contribution in [1.29, 1.82) is 0 Å². The number of carbonyl (C=O) groups excluding carboxylic acids is 1. The van der Waals surface area contributed by atoms with Crippen LogP contribution in [-0.4, -0.2) is 37.3 Å². The maximum atomic E-state index is 10.9. The zero-order valence-corrected chi connectivity index (χ0v) is 9.43. The average molecular weight is 235 g/mol. The van der Waals surface area contributed by atoms with Crippen LogP contribution in [0, 0.1) is 0 Å². The predicted molar refractivity (Wildman–Crippen MR) is 67.8 cm³/mol. The second-order valence-electron chi connectivity index (χ2n) is 3.56. The Balaban J connectivity index is 2.61. The number of rotatable bonds is 5. The van der Waals surface area contributed by atoms with Crippen molar-refractivity contribution in [2.24, 2.45) is 0 Å². The third-order valence-corrected chi connectivity index (χ3v) is 2.13. The number of nitrogens with one attached hydrogen (secondary N) is 2. The molecule has 5 N–H and O–H groups in total. The van der Waals surface area contributed by atoms with E-state index in [1.165, 1.54) is 7.85 Å². The van der Waals surface area contributed by atoms with Gasteiger partial charge in [0, 0.05) is 6.54 Å². The van der Waals surface area contributed by atoms with Crippen molar-refractivity contribution in [2.45, 2.75) is 6.04 Å². The quantitative estimate of drug-likeness (QED) is 0.406. The van der Waals surface area contributed by atoms with Crippen LogP contribution in [0.15, 0.2) is 24.3 Å². The van der Waals surface area contributed by atoms with Crippen LogP contribution in [0.1, 0.15) is 0 Å². The Morgan fingerprint density at radius 1 is 1.41 bits per heavy atom. The first-order valence-corrected chi connectivity index (χ1v) is 5.09. The van der Waals surface area contributed by atoms with Crippen molar-refractivity contribution in [2.75, 3.05) is 17.6 Å². The van der Waals surface area contributed by atoms with Gasteiger partial charge in [0.2, 0.25) is 7.85 Å². The molecule has 1 atom stereocenters. The van der Waals surface area contributed by atoms with Gasteiger partial charge in [0.1, 0.15) is 6.04 Å². The number of benzene rings is 1. The number of nitrogen functional groups attached to an aromatic ring is 1. The van der Waals surface area contributed by atoms with Crippen LogP contribution in [0.2, 0.25) is 0 Å². The molecule has 0 fully saturated rings. The summed E-state index contributed by atoms with van der Waals surface area (Å²) in [5.41, 5.74) is 6.86. The SMILES string of the molecule is BC(=O)N[C@@H](CNc1ccccc1N)C(=O)O. The van der Waals surface area contributed by atoms with Crippen LogP contribution >= 0.6 is 0 Å². The molecule has 6 nitrogen and oxygen atoms in total. The van der Waals surface area contributed by atoms with E-state index in [9.17, 15) is 9.59 Å². The van der Waals surface area contributed by atoms with Crippen LogP contribution in [0.4, 0.5) is 16.2 Å². The van der Waals surface area contributed by atoms with E-state index in [2.05, 4.69) is 10.6 Å². The highest BCUT2D eigenvalue weighted by atomic mass is 16.4. The second-order valence-corrected chi connectivity index (χ2v) is 3.56. The molecule has 1 rings (SSSR count). The summed E-state index contributed by atoms with van der Waals surface area (Å²) in [6.07, 6.45) is 0. The molecule has 0 bridgehead atoms. The van der Waals surface area contributed by atoms with E-state index in [-0.39, 0.29) is 12.4 Å². The minimum absolute atomic E-state index is 0.0725. The summed E-state index contributed by atoms with van der Waals surface area (Å²) >= 11 is 0. The average Bonchev–Trinajstić information content (AvgIpc) is 2.25. The van der Waals surface area contributed by atoms with Gasteiger partial charge in [-0.2, -0.15) is 0 Å². The number of aliphatic carboxylic acids is 1. The summed E-state index contributed by atoms with van der Waals surface area (Å²) in [7, 11) is 1.27. The van der Waals surface area contributed by atoms with E-state index in [4.69, 9.17) is 10.8 Å². The molecule has 0 spiro atoms. The van der Waals surface area contributed by atoms with Crippen LogP contribution < -0.4 is 16.4 Å². The monoisotopic (exact) mass is 235 g/mol. The molecule has 0 unspecified atom stereocenters. The molecule has 0 radical (unpaired) electrons. The van der Waals surface area contributed by atoms with E-state index in [1.807, 2.05) is 0 Å². The highest BCUT2D eigenvalue weighted by molar-refractivity contribution is 6.57. The molecule has 1 amide bonds. The van der Waals surface area contributed by atoms with Gasteiger partial charge in [-0.15, -0.1) is 0 Å². The lowest BCUT2D eigenvalue weighted by Gasteiger charge is -2.16. The van der Waals surface area contributed by atoms with Gasteiger partial charge in [0.25, 0.3) is 0 Å². The highest BCUT2D eigenvalue weighted by Crippen LogP contribution is 2.16. The lowest BCUT2D eigenvalue weighted by Crippen LogP contribution is -2.44. The number of hydrogen-bond donors (Lipinski definition) is 4. The lowest BCUT2D eigenvalue weighted by molar-refractivity contribution is -0.138. The topological polar surface area (TPSA) is 104 Å². The molecule has 0 saturated heterocycles. The Labute approximate surface area is 99.6 Å². The summed E-state index contributed by atoms with van der Waals surface area (Å²) < 4.78 is 0. The van der Waals surface area contributed by atoms with E-state index >= 15 is 0 Å². The minimum Gasteiger partial charge on any atom is -0.480 e. The van der Waals surface area contributed by atoms with E-state index < -0.39 is 12.0 Å². The second kappa shape index (κ2) is 5.79. The molecule has 7 heteroatoms. The summed E-state index contributed by atoms with van der Waals surface area (Å²) in [4.78, 5) is 21.7. The largest absolute Gasteiger partial charge is 0.480 e. The molecule has 90 valence electrons. The first-order valence-electron chi connectivity index (χ1n) is 5.09. The van der Waals surface area contributed by atoms with Gasteiger partial charge in [-0.3, -0.25) is 4.79 Å². The van der Waals surface area contributed by atoms with E-state index in [0.717, 1.165) is 0 Å². The molecule has 0 aliphatic rings. The first kappa shape index (κ1) is 12.9. The summed E-state index contributed by atoms with van der Waals surface area (Å²) in [5.74, 6) is -1.48. The van der Waals surface area contributed by atoms with Crippen molar-refractivity contribution in [3.63, 3.8) is 0 Å². The predicted octanol–water partition coefficient (Wildman–Crippen LogP) is -0.523. The first-order chi connectivity index (χ1) is 8.00. The fourth-order valence-electron chi connectivity index (χ4n) is 1.32. The molecule has 0 aromatic heterocycles. The van der Waals surface area contributed by atoms with Crippen LogP contribution in [-0.2, 0) is 4.79 Å². The normalized spacial score (nSPS) is 11.5. The Morgan fingerprint density at radius 3 is 2.59 bits per heavy atom. The number of hydrogen-bond acceptors (Lipinski definition) is 4. The Morgan fingerprint density at radius 2 is 2.06 bits per heavy atom. The molecule has 0 aliphatic carbocycles. The number of anilines is 2. The smallest absolute Gasteiger partial charge is 0.328 e. The maximum absolute atomic E-state index is 10.9. The van der Waals surface area contributed by atoms with Crippen molar-refractivity contribution in [3.8, 4) is 0 Å². The Hall–Kier alpha value is -2.18. The van der Waals surface area contributed by atoms with Crippen molar-refractivity contribution < 1.29 is 14.7 Å². The fourth-order valence-corrected chi connectivity index (χ4v) is 1.32. The molecular formula is C10H14BN3O3. The third kappa shape index (κ3) is 4.06. The van der Waals surface area contributed by atoms with Gasteiger partial charge in [0.05, 0.1) is 11.4 Å². The molecular weight excluding hydrogens is 221 g/mol. The third-order valence-electron chi connectivity index (χ3n) is 2.13. The van der Waals surface area contributed by atoms with E-state index in [1.54, 1.807) is 24.3 Å². The molecule has 1 aromatic carbocycles. The molecule has 0 saturated carbocycles. The number of para-hydroxylation sites is 2. The van der Waals surface area contributed by atoms with Crippen LogP contribution in [0.3, 0.4) is 0 Å². The van der Waals surface area contributed by atoms with Crippen molar-refractivity contribution in [1.82, 2.24) is 5.32 Å². The number of nitrogens with two attached hydrogens (primary N) is 1. The van der Waals surface area contributed by atoms with Crippen molar-refractivity contribution in [3.05, 3.63) is 24.3 Å². The van der Waals surface area contributed by atoms with Gasteiger partial charge in [-0.25, -0.2) is 4.79 Å². The summed E-state index contributed by atoms with van der Waals surface area (Å²) in [5, 5.41) is 14.1. The molecule has 0 aliphatic heterocycles. The zero-order valence-electron chi connectivity index (χ0n) is 9.43. The minimum atomic E-state index is -1.10. The van der Waals surface area contributed by atoms with Gasteiger partial charge in [-0.05, 0) is 12.1 Å². The van der Waals surface area contributed by atoms with Crippen molar-refractivity contribution >= 4 is 31.0 Å². The number of carboxylic acids is 1. The Kier molecular flexibility index (Phi) is 4.39. The summed E-state index contributed by atoms with van der Waals surface area (Å²) in [6, 6.07) is 6.03. The molecule has 0 heterocycles. The van der Waals surface area contributed by atoms with Crippen LogP contribution in [0.5, 0.6) is 0 Å². The van der Waals surface area contributed by atoms with Gasteiger partial charge in [-0.1, -0.05) is 12.1 Å². The van der Waals surface area contributed by atoms with Crippen LogP contribution in [0.25, 0.3) is 0 Å². The maximum Gasteiger partial charge on any atom is 0.328 e. The van der Waals surface area contributed by atoms with Gasteiger partial charge in [0.15, 0.2) is 5.81 Å². The number of carboxylic acid groups (broad SMARTS) is 1. The van der Waals surface area contributed by atoms with Gasteiger partial charge >= 0.3 is 5.97 Å². The Bertz CT molecular complexity index is 425. The van der Waals surface area contributed by atoms with E-state index in [0.29, 0.717) is 11.4 Å². The summed E-state index contributed by atoms with van der Waals surface area (Å²) in [6.45, 7) is 0.0725. The molecule has 1 aromatic rings. The standard InChI is InChI=1S/C10H14BN3O3/c11-10(17)14-8(9(15)16)5-13-7-4-2-1-3-6(7)12/h1-4,8,13H,5,11-12H2,(H,14,17)(H,15,16)/t8-/m0/s1. The fraction of sp³-hybridized carbons (Fsp3) is 0.200. The highest BCUT2D eigenvalue weighted by Gasteiger charge is 2.17. The van der Waals surface area contributed by atoms with Gasteiger partial charge < -0.3 is 21.5 Å². The molecule has 17 heavy (non-hydrogen) atoms. The number of carbonyl (C=O) groups is 2. The lowest BCUT2D eigenvalue weighted by atomic mass is 10.1. The zero-order chi connectivity index (χ0) is 12.8. The number of amides is 1.